The van der Waals surface area contributed by atoms with Crippen molar-refractivity contribution >= 4 is 0 Å². The van der Waals surface area contributed by atoms with Crippen LogP contribution in [0.15, 0.2) is 30.5 Å². The van der Waals surface area contributed by atoms with Gasteiger partial charge in [-0.3, -0.25) is 4.68 Å². The van der Waals surface area contributed by atoms with Crippen molar-refractivity contribution in [2.75, 3.05) is 7.11 Å². The summed E-state index contributed by atoms with van der Waals surface area (Å²) in [4.78, 5) is 0. The third-order valence-electron chi connectivity index (χ3n) is 3.12. The average Bonchev–Trinajstić information content (AvgIpc) is 2.89. The molecule has 0 saturated heterocycles. The molecule has 5 nitrogen and oxygen atoms in total. The number of aryl methyl sites for hydroxylation is 1. The van der Waals surface area contributed by atoms with Gasteiger partial charge in [-0.1, -0.05) is 13.0 Å². The number of hydrogen-bond acceptors (Lipinski definition) is 4. The summed E-state index contributed by atoms with van der Waals surface area (Å²) in [6.45, 7) is 4.57. The molecule has 0 radical (unpaired) electrons. The van der Waals surface area contributed by atoms with E-state index in [4.69, 9.17) is 4.74 Å². The normalized spacial score (nSPS) is 10.7. The van der Waals surface area contributed by atoms with Gasteiger partial charge in [0, 0.05) is 25.8 Å². The van der Waals surface area contributed by atoms with Crippen LogP contribution in [0, 0.1) is 0 Å². The van der Waals surface area contributed by atoms with E-state index in [2.05, 4.69) is 17.3 Å². The minimum absolute atomic E-state index is 0.164. The van der Waals surface area contributed by atoms with Crippen LogP contribution in [0.4, 0.5) is 0 Å². The number of methoxy groups -OCH3 is 1. The van der Waals surface area contributed by atoms with E-state index < -0.39 is 0 Å². The van der Waals surface area contributed by atoms with Gasteiger partial charge in [-0.05, 0) is 30.2 Å². The van der Waals surface area contributed by atoms with Crippen LogP contribution in [-0.4, -0.2) is 22.0 Å². The van der Waals surface area contributed by atoms with E-state index in [1.54, 1.807) is 13.2 Å². The number of phenols is 1. The highest BCUT2D eigenvalue weighted by molar-refractivity contribution is 5.41. The predicted molar refractivity (Wildman–Crippen MR) is 77.7 cm³/mol. The number of hydrogen-bond donors (Lipinski definition) is 2. The van der Waals surface area contributed by atoms with Crippen molar-refractivity contribution in [3.05, 3.63) is 41.7 Å². The molecular weight excluding hydrogens is 254 g/mol. The molecule has 0 bridgehead atoms. The zero-order valence-corrected chi connectivity index (χ0v) is 12.0. The summed E-state index contributed by atoms with van der Waals surface area (Å²) in [5, 5.41) is 17.2. The van der Waals surface area contributed by atoms with E-state index in [1.807, 2.05) is 29.1 Å². The number of aromatic nitrogens is 2. The Labute approximate surface area is 119 Å². The largest absolute Gasteiger partial charge is 0.504 e. The number of nitrogens with one attached hydrogen (secondary N) is 1. The van der Waals surface area contributed by atoms with Crippen molar-refractivity contribution in [3.63, 3.8) is 0 Å². The maximum atomic E-state index is 9.55. The van der Waals surface area contributed by atoms with E-state index in [1.165, 1.54) is 5.69 Å². The molecule has 0 fully saturated rings. The summed E-state index contributed by atoms with van der Waals surface area (Å²) >= 11 is 0. The van der Waals surface area contributed by atoms with Crippen molar-refractivity contribution in [2.45, 2.75) is 33.0 Å². The predicted octanol–water partition coefficient (Wildman–Crippen LogP) is 2.30. The van der Waals surface area contributed by atoms with Crippen molar-refractivity contribution < 1.29 is 9.84 Å². The Bertz CT molecular complexity index is 552. The molecule has 2 N–H and O–H groups in total. The summed E-state index contributed by atoms with van der Waals surface area (Å²) < 4.78 is 7.12. The molecule has 1 aromatic carbocycles. The summed E-state index contributed by atoms with van der Waals surface area (Å²) in [6, 6.07) is 7.40. The molecular formula is C15H21N3O2. The quantitative estimate of drug-likeness (QED) is 0.814. The van der Waals surface area contributed by atoms with Crippen LogP contribution in [0.3, 0.4) is 0 Å². The molecule has 0 aliphatic rings. The molecule has 0 atom stereocenters. The standard InChI is InChI=1S/C15H21N3O2/c1-3-8-18-13(6-7-17-18)11-16-10-12-4-5-14(19)15(9-12)20-2/h4-7,9,16,19H,3,8,10-11H2,1-2H3. The van der Waals surface area contributed by atoms with Gasteiger partial charge in [0.25, 0.3) is 0 Å². The zero-order valence-electron chi connectivity index (χ0n) is 12.0. The van der Waals surface area contributed by atoms with Crippen LogP contribution in [-0.2, 0) is 19.6 Å². The van der Waals surface area contributed by atoms with Gasteiger partial charge in [0.15, 0.2) is 11.5 Å². The molecule has 0 unspecified atom stereocenters. The lowest BCUT2D eigenvalue weighted by Crippen LogP contribution is -2.16. The van der Waals surface area contributed by atoms with E-state index in [0.29, 0.717) is 12.3 Å². The smallest absolute Gasteiger partial charge is 0.160 e. The molecule has 20 heavy (non-hydrogen) atoms. The first-order valence-electron chi connectivity index (χ1n) is 6.82. The second kappa shape index (κ2) is 6.96. The molecule has 1 heterocycles. The lowest BCUT2D eigenvalue weighted by Gasteiger charge is -2.09. The van der Waals surface area contributed by atoms with Crippen LogP contribution in [0.25, 0.3) is 0 Å². The Morgan fingerprint density at radius 1 is 1.30 bits per heavy atom. The van der Waals surface area contributed by atoms with E-state index in [0.717, 1.165) is 25.1 Å². The molecule has 0 aliphatic carbocycles. The molecule has 108 valence electrons. The fourth-order valence-electron chi connectivity index (χ4n) is 2.09. The lowest BCUT2D eigenvalue weighted by molar-refractivity contribution is 0.372. The molecule has 0 amide bonds. The Kier molecular flexibility index (Phi) is 5.01. The Morgan fingerprint density at radius 2 is 2.15 bits per heavy atom. The van der Waals surface area contributed by atoms with Crippen LogP contribution < -0.4 is 10.1 Å². The zero-order chi connectivity index (χ0) is 14.4. The maximum absolute atomic E-state index is 9.55. The second-order valence-corrected chi connectivity index (χ2v) is 4.66. The van der Waals surface area contributed by atoms with Gasteiger partial charge in [0.1, 0.15) is 0 Å². The molecule has 2 aromatic rings. The second-order valence-electron chi connectivity index (χ2n) is 4.66. The van der Waals surface area contributed by atoms with E-state index in [-0.39, 0.29) is 5.75 Å². The lowest BCUT2D eigenvalue weighted by atomic mass is 10.2. The first-order chi connectivity index (χ1) is 9.74. The monoisotopic (exact) mass is 275 g/mol. The molecule has 0 spiro atoms. The SMILES string of the molecule is CCCn1nccc1CNCc1ccc(O)c(OC)c1. The molecule has 2 rings (SSSR count). The van der Waals surface area contributed by atoms with Gasteiger partial charge in [0.2, 0.25) is 0 Å². The minimum Gasteiger partial charge on any atom is -0.504 e. The summed E-state index contributed by atoms with van der Waals surface area (Å²) in [7, 11) is 1.55. The third-order valence-corrected chi connectivity index (χ3v) is 3.12. The summed E-state index contributed by atoms with van der Waals surface area (Å²) in [5.74, 6) is 0.664. The first kappa shape index (κ1) is 14.4. The minimum atomic E-state index is 0.164. The van der Waals surface area contributed by atoms with Gasteiger partial charge in [0.05, 0.1) is 12.8 Å². The van der Waals surface area contributed by atoms with Crippen LogP contribution >= 0.6 is 0 Å². The average molecular weight is 275 g/mol. The van der Waals surface area contributed by atoms with E-state index >= 15 is 0 Å². The van der Waals surface area contributed by atoms with Gasteiger partial charge < -0.3 is 15.2 Å². The molecule has 0 saturated carbocycles. The number of nitrogens with zero attached hydrogens (tertiary/aromatic N) is 2. The Balaban J connectivity index is 1.91. The van der Waals surface area contributed by atoms with Crippen LogP contribution in [0.5, 0.6) is 11.5 Å². The van der Waals surface area contributed by atoms with Gasteiger partial charge in [-0.2, -0.15) is 5.10 Å². The highest BCUT2D eigenvalue weighted by Gasteiger charge is 2.04. The van der Waals surface area contributed by atoms with Crippen molar-refractivity contribution in [3.8, 4) is 11.5 Å². The Hall–Kier alpha value is -2.01. The molecule has 0 aliphatic heterocycles. The van der Waals surface area contributed by atoms with Crippen molar-refractivity contribution in [1.82, 2.24) is 15.1 Å². The van der Waals surface area contributed by atoms with Crippen molar-refractivity contribution in [2.24, 2.45) is 0 Å². The highest BCUT2D eigenvalue weighted by Crippen LogP contribution is 2.26. The van der Waals surface area contributed by atoms with Crippen molar-refractivity contribution in [1.29, 1.82) is 0 Å². The Morgan fingerprint density at radius 3 is 2.90 bits per heavy atom. The number of rotatable bonds is 7. The van der Waals surface area contributed by atoms with Gasteiger partial charge >= 0.3 is 0 Å². The van der Waals surface area contributed by atoms with E-state index in [9.17, 15) is 5.11 Å². The van der Waals surface area contributed by atoms with Crippen LogP contribution in [0.2, 0.25) is 0 Å². The first-order valence-corrected chi connectivity index (χ1v) is 6.82. The summed E-state index contributed by atoms with van der Waals surface area (Å²) in [6.07, 6.45) is 2.90. The highest BCUT2D eigenvalue weighted by atomic mass is 16.5. The van der Waals surface area contributed by atoms with Gasteiger partial charge in [-0.25, -0.2) is 0 Å². The molecule has 5 heteroatoms. The van der Waals surface area contributed by atoms with Gasteiger partial charge in [-0.15, -0.1) is 0 Å². The fourth-order valence-corrected chi connectivity index (χ4v) is 2.09. The number of ether oxygens (including phenoxy) is 1. The number of benzene rings is 1. The third kappa shape index (κ3) is 3.51. The number of phenolic OH excluding ortho intramolecular Hbond substituents is 1. The van der Waals surface area contributed by atoms with Crippen LogP contribution in [0.1, 0.15) is 24.6 Å². The summed E-state index contributed by atoms with van der Waals surface area (Å²) in [5.41, 5.74) is 2.25. The fraction of sp³-hybridized carbons (Fsp3) is 0.400. The number of aromatic hydroxyl groups is 1. The topological polar surface area (TPSA) is 59.3 Å². The molecule has 1 aromatic heterocycles. The maximum Gasteiger partial charge on any atom is 0.160 e.